The van der Waals surface area contributed by atoms with E-state index in [0.29, 0.717) is 10.6 Å². The molecule has 20 heavy (non-hydrogen) atoms. The van der Waals surface area contributed by atoms with Gasteiger partial charge in [-0.25, -0.2) is 9.78 Å². The van der Waals surface area contributed by atoms with E-state index < -0.39 is 0 Å². The van der Waals surface area contributed by atoms with Crippen molar-refractivity contribution in [3.8, 4) is 11.5 Å². The Hall–Kier alpha value is -2.46. The van der Waals surface area contributed by atoms with Crippen molar-refractivity contribution in [1.82, 2.24) is 4.98 Å². The Kier molecular flexibility index (Phi) is 2.44. The van der Waals surface area contributed by atoms with Gasteiger partial charge in [0.25, 0.3) is 0 Å². The van der Waals surface area contributed by atoms with Crippen LogP contribution in [0, 0.1) is 0 Å². The maximum Gasteiger partial charge on any atom is 0.357 e. The first-order valence-corrected chi connectivity index (χ1v) is 7.02. The largest absolute Gasteiger partial charge is 0.403 e. The second kappa shape index (κ2) is 4.28. The molecule has 0 saturated carbocycles. The summed E-state index contributed by atoms with van der Waals surface area (Å²) in [5.74, 6) is 0.367. The second-order valence-electron chi connectivity index (χ2n) is 4.45. The lowest BCUT2D eigenvalue weighted by Crippen LogP contribution is -2.00. The summed E-state index contributed by atoms with van der Waals surface area (Å²) in [6.45, 7) is 0. The Labute approximate surface area is 118 Å². The maximum absolute atomic E-state index is 12.1. The first-order chi connectivity index (χ1) is 9.83. The van der Waals surface area contributed by atoms with Crippen molar-refractivity contribution in [2.45, 2.75) is 0 Å². The molecule has 0 atom stereocenters. The number of rotatable bonds is 1. The summed E-state index contributed by atoms with van der Waals surface area (Å²) in [6, 6.07) is 17.3. The Balaban J connectivity index is 2.11. The summed E-state index contributed by atoms with van der Waals surface area (Å²) < 4.78 is 6.97. The number of hydrogen-bond donors (Lipinski definition) is 0. The summed E-state index contributed by atoms with van der Waals surface area (Å²) in [6.07, 6.45) is 0. The molecule has 0 aliphatic heterocycles. The van der Waals surface area contributed by atoms with E-state index in [1.165, 1.54) is 11.3 Å². The van der Waals surface area contributed by atoms with Gasteiger partial charge in [0.2, 0.25) is 5.89 Å². The van der Waals surface area contributed by atoms with E-state index in [0.717, 1.165) is 21.2 Å². The quantitative estimate of drug-likeness (QED) is 0.527. The van der Waals surface area contributed by atoms with E-state index >= 15 is 0 Å². The van der Waals surface area contributed by atoms with Crippen molar-refractivity contribution in [3.05, 3.63) is 65.0 Å². The molecule has 0 fully saturated rings. The summed E-state index contributed by atoms with van der Waals surface area (Å²) in [5.41, 5.74) is 1.21. The fourth-order valence-corrected chi connectivity index (χ4v) is 3.26. The summed E-state index contributed by atoms with van der Waals surface area (Å²) in [4.78, 5) is 16.7. The molecule has 0 unspecified atom stereocenters. The number of aromatic nitrogens is 1. The molecule has 2 aromatic carbocycles. The van der Waals surface area contributed by atoms with Gasteiger partial charge >= 0.3 is 5.63 Å². The van der Waals surface area contributed by atoms with Crippen LogP contribution in [-0.4, -0.2) is 4.98 Å². The molecule has 4 heteroatoms. The molecule has 0 N–H and O–H groups in total. The molecule has 0 aliphatic carbocycles. The smallest absolute Gasteiger partial charge is 0.357 e. The lowest BCUT2D eigenvalue weighted by molar-refractivity contribution is 0.520. The lowest BCUT2D eigenvalue weighted by atomic mass is 10.2. The van der Waals surface area contributed by atoms with Gasteiger partial charge < -0.3 is 4.42 Å². The van der Waals surface area contributed by atoms with E-state index in [9.17, 15) is 4.79 Å². The first kappa shape index (κ1) is 11.4. The third-order valence-corrected chi connectivity index (χ3v) is 4.32. The van der Waals surface area contributed by atoms with E-state index in [4.69, 9.17) is 4.42 Å². The van der Waals surface area contributed by atoms with Crippen LogP contribution in [0.2, 0.25) is 0 Å². The number of benzene rings is 2. The molecule has 0 saturated heterocycles. The highest BCUT2D eigenvalue weighted by Gasteiger charge is 2.13. The molecule has 0 bridgehead atoms. The normalized spacial score (nSPS) is 11.2. The monoisotopic (exact) mass is 279 g/mol. The molecule has 4 rings (SSSR count). The molecule has 3 nitrogen and oxygen atoms in total. The minimum absolute atomic E-state index is 0.324. The fraction of sp³-hybridized carbons (Fsp3) is 0. The molecule has 2 aromatic heterocycles. The highest BCUT2D eigenvalue weighted by molar-refractivity contribution is 7.25. The van der Waals surface area contributed by atoms with Gasteiger partial charge in [0.15, 0.2) is 0 Å². The number of fused-ring (bicyclic) bond motifs is 3. The van der Waals surface area contributed by atoms with Crippen LogP contribution < -0.4 is 5.63 Å². The van der Waals surface area contributed by atoms with E-state index in [2.05, 4.69) is 4.98 Å². The standard InChI is InChI=1S/C16H9NO2S/c18-16-14-13(11-8-4-5-9-12(11)20-14)17-15(19-16)10-6-2-1-3-7-10/h1-9H. The van der Waals surface area contributed by atoms with Crippen LogP contribution in [0.3, 0.4) is 0 Å². The molecule has 0 amide bonds. The predicted molar refractivity (Wildman–Crippen MR) is 81.1 cm³/mol. The molecule has 0 spiro atoms. The average molecular weight is 279 g/mol. The van der Waals surface area contributed by atoms with Crippen molar-refractivity contribution in [2.24, 2.45) is 0 Å². The third-order valence-electron chi connectivity index (χ3n) is 3.18. The molecular formula is C16H9NO2S. The predicted octanol–water partition coefficient (Wildman–Crippen LogP) is 4.07. The van der Waals surface area contributed by atoms with E-state index in [1.54, 1.807) is 0 Å². The minimum atomic E-state index is -0.324. The molecule has 96 valence electrons. The average Bonchev–Trinajstić information content (AvgIpc) is 2.88. The zero-order valence-corrected chi connectivity index (χ0v) is 11.2. The van der Waals surface area contributed by atoms with Gasteiger partial charge in [-0.3, -0.25) is 0 Å². The summed E-state index contributed by atoms with van der Waals surface area (Å²) in [5, 5.41) is 0.998. The van der Waals surface area contributed by atoms with Crippen LogP contribution >= 0.6 is 11.3 Å². The van der Waals surface area contributed by atoms with Crippen LogP contribution in [-0.2, 0) is 0 Å². The van der Waals surface area contributed by atoms with Gasteiger partial charge in [-0.15, -0.1) is 11.3 Å². The molecule has 4 aromatic rings. The Morgan fingerprint density at radius 3 is 2.55 bits per heavy atom. The highest BCUT2D eigenvalue weighted by Crippen LogP contribution is 2.31. The lowest BCUT2D eigenvalue weighted by Gasteiger charge is -1.98. The van der Waals surface area contributed by atoms with Gasteiger partial charge in [0, 0.05) is 15.6 Å². The zero-order valence-electron chi connectivity index (χ0n) is 10.4. The third kappa shape index (κ3) is 1.66. The van der Waals surface area contributed by atoms with Crippen molar-refractivity contribution in [2.75, 3.05) is 0 Å². The second-order valence-corrected chi connectivity index (χ2v) is 5.50. The summed E-state index contributed by atoms with van der Waals surface area (Å²) >= 11 is 1.42. The van der Waals surface area contributed by atoms with E-state index in [-0.39, 0.29) is 5.63 Å². The Morgan fingerprint density at radius 1 is 0.950 bits per heavy atom. The van der Waals surface area contributed by atoms with Crippen LogP contribution in [0.25, 0.3) is 31.8 Å². The highest BCUT2D eigenvalue weighted by atomic mass is 32.1. The van der Waals surface area contributed by atoms with Gasteiger partial charge in [-0.05, 0) is 18.2 Å². The van der Waals surface area contributed by atoms with Crippen LogP contribution in [0.4, 0.5) is 0 Å². The Morgan fingerprint density at radius 2 is 1.70 bits per heavy atom. The Bertz CT molecular complexity index is 970. The van der Waals surface area contributed by atoms with Gasteiger partial charge in [-0.2, -0.15) is 0 Å². The molecule has 0 aliphatic rings. The molecular weight excluding hydrogens is 270 g/mol. The van der Waals surface area contributed by atoms with Crippen molar-refractivity contribution < 1.29 is 4.42 Å². The zero-order chi connectivity index (χ0) is 13.5. The van der Waals surface area contributed by atoms with E-state index in [1.807, 2.05) is 54.6 Å². The van der Waals surface area contributed by atoms with Crippen molar-refractivity contribution >= 4 is 31.6 Å². The van der Waals surface area contributed by atoms with Crippen LogP contribution in [0.5, 0.6) is 0 Å². The number of nitrogens with zero attached hydrogens (tertiary/aromatic N) is 1. The number of thiophene rings is 1. The van der Waals surface area contributed by atoms with Gasteiger partial charge in [0.05, 0.1) is 0 Å². The van der Waals surface area contributed by atoms with Crippen molar-refractivity contribution in [3.63, 3.8) is 0 Å². The SMILES string of the molecule is O=c1oc(-c2ccccc2)nc2c1sc1ccccc12. The van der Waals surface area contributed by atoms with Gasteiger partial charge in [-0.1, -0.05) is 36.4 Å². The first-order valence-electron chi connectivity index (χ1n) is 6.21. The van der Waals surface area contributed by atoms with Crippen molar-refractivity contribution in [1.29, 1.82) is 0 Å². The van der Waals surface area contributed by atoms with Gasteiger partial charge in [0.1, 0.15) is 10.2 Å². The topological polar surface area (TPSA) is 43.1 Å². The van der Waals surface area contributed by atoms with Crippen LogP contribution in [0.1, 0.15) is 0 Å². The minimum Gasteiger partial charge on any atom is -0.403 e. The maximum atomic E-state index is 12.1. The molecule has 0 radical (unpaired) electrons. The van der Waals surface area contributed by atoms with Crippen LogP contribution in [0.15, 0.2) is 63.8 Å². The molecule has 2 heterocycles. The fourth-order valence-electron chi connectivity index (χ4n) is 2.24. The number of hydrogen-bond acceptors (Lipinski definition) is 4. The summed E-state index contributed by atoms with van der Waals surface area (Å²) in [7, 11) is 0.